The van der Waals surface area contributed by atoms with E-state index in [1.54, 1.807) is 29.3 Å². The van der Waals surface area contributed by atoms with Crippen LogP contribution in [0.4, 0.5) is 27.8 Å². The highest BCUT2D eigenvalue weighted by Gasteiger charge is 2.45. The molecule has 0 bridgehead atoms. The topological polar surface area (TPSA) is 203 Å². The van der Waals surface area contributed by atoms with E-state index in [0.29, 0.717) is 49.8 Å². The molecule has 0 aliphatic carbocycles. The van der Waals surface area contributed by atoms with E-state index >= 15 is 0 Å². The van der Waals surface area contributed by atoms with Gasteiger partial charge in [-0.15, -0.1) is 0 Å². The minimum Gasteiger partial charge on any atom is -0.384 e. The Labute approximate surface area is 296 Å². The van der Waals surface area contributed by atoms with Crippen LogP contribution < -0.4 is 26.6 Å². The van der Waals surface area contributed by atoms with E-state index in [1.165, 1.54) is 0 Å². The van der Waals surface area contributed by atoms with E-state index in [9.17, 15) is 28.8 Å². The number of nitrogens with zero attached hydrogens (tertiary/aromatic N) is 6. The van der Waals surface area contributed by atoms with Crippen molar-refractivity contribution in [1.29, 1.82) is 0 Å². The molecule has 0 spiro atoms. The summed E-state index contributed by atoms with van der Waals surface area (Å²) in [7, 11) is 1.81. The average Bonchev–Trinajstić information content (AvgIpc) is 3.59. The Kier molecular flexibility index (Phi) is 8.97. The van der Waals surface area contributed by atoms with Crippen molar-refractivity contribution in [2.75, 3.05) is 55.3 Å². The molecule has 2 atom stereocenters. The molecule has 0 saturated carbocycles. The molecule has 3 fully saturated rings. The molecule has 7 rings (SSSR count). The highest BCUT2D eigenvalue weighted by molar-refractivity contribution is 6.25. The summed E-state index contributed by atoms with van der Waals surface area (Å²) in [5.74, 6) is -2.10. The number of hydrogen-bond acceptors (Lipinski definition) is 11. The Balaban J connectivity index is 0.00000271. The van der Waals surface area contributed by atoms with Gasteiger partial charge in [0, 0.05) is 60.4 Å². The Morgan fingerprint density at radius 3 is 2.55 bits per heavy atom. The molecule has 5 heterocycles. The van der Waals surface area contributed by atoms with Crippen molar-refractivity contribution in [3.05, 3.63) is 71.0 Å². The molecule has 268 valence electrons. The van der Waals surface area contributed by atoms with Gasteiger partial charge in [-0.2, -0.15) is 0 Å². The number of anilines is 4. The molecular weight excluding hydrogens is 656 g/mol. The monoisotopic (exact) mass is 698 g/mol. The third kappa shape index (κ3) is 6.51. The van der Waals surface area contributed by atoms with Crippen molar-refractivity contribution >= 4 is 58.6 Å². The molecule has 16 heteroatoms. The van der Waals surface area contributed by atoms with E-state index in [0.717, 1.165) is 29.8 Å². The number of carbonyl (C=O) groups is 6. The number of benzene rings is 2. The van der Waals surface area contributed by atoms with Crippen molar-refractivity contribution in [1.82, 2.24) is 30.0 Å². The second kappa shape index (κ2) is 13.7. The van der Waals surface area contributed by atoms with Gasteiger partial charge in [-0.1, -0.05) is 18.2 Å². The Bertz CT molecular complexity index is 1950. The summed E-state index contributed by atoms with van der Waals surface area (Å²) in [5, 5.41) is 8.65. The summed E-state index contributed by atoms with van der Waals surface area (Å²) in [4.78, 5) is 91.2. The maximum absolute atomic E-state index is 13.4. The van der Waals surface area contributed by atoms with Crippen LogP contribution in [0.3, 0.4) is 0 Å². The quantitative estimate of drug-likeness (QED) is 0.226. The van der Waals surface area contributed by atoms with Gasteiger partial charge in [0.05, 0.1) is 23.4 Å². The number of piperidine rings is 2. The lowest BCUT2D eigenvalue weighted by atomic mass is 10.0. The van der Waals surface area contributed by atoms with Crippen LogP contribution in [-0.4, -0.2) is 112 Å². The Morgan fingerprint density at radius 1 is 1.02 bits per heavy atom. The number of imide groups is 2. The lowest BCUT2D eigenvalue weighted by Crippen LogP contribution is -2.54. The lowest BCUT2D eigenvalue weighted by Gasteiger charge is -2.37. The third-order valence-corrected chi connectivity index (χ3v) is 9.82. The number of primary amides is 1. The zero-order valence-corrected chi connectivity index (χ0v) is 28.1. The van der Waals surface area contributed by atoms with Crippen molar-refractivity contribution in [3.63, 3.8) is 0 Å². The van der Waals surface area contributed by atoms with Crippen LogP contribution in [0.2, 0.25) is 0 Å². The molecule has 7 amide bonds. The van der Waals surface area contributed by atoms with E-state index in [-0.39, 0.29) is 50.4 Å². The first-order valence-electron chi connectivity index (χ1n) is 17.0. The normalized spacial score (nSPS) is 20.5. The summed E-state index contributed by atoms with van der Waals surface area (Å²) in [6.45, 7) is 3.20. The average molecular weight is 699 g/mol. The number of aromatic nitrogens is 2. The molecule has 0 radical (unpaired) electrons. The van der Waals surface area contributed by atoms with Gasteiger partial charge < -0.3 is 31.1 Å². The van der Waals surface area contributed by atoms with E-state index in [2.05, 4.69) is 25.8 Å². The largest absolute Gasteiger partial charge is 0.384 e. The standard InChI is InChI=1S/C35H38N10O6.2H2/c1-42-16-17-44(35(42)51)22-4-3-15-43(19-22)26-18-38-29(30(36)47)31(40-26)39-21-9-7-20(8-10-21)13-14-37-24-6-2-5-23-28(24)34(50)45(33(23)49)25-11-12-27(46)41-32(25)48;;/h2,5-10,18,22,25,37H,3-4,11-17,19H2,1H3,(H2,36,47)(H,39,40)(H,41,46,48);2*1H/t22-,25?;;/m1../s1. The number of nitrogens with two attached hydrogens (primary N) is 1. The van der Waals surface area contributed by atoms with Crippen LogP contribution in [0.15, 0.2) is 48.7 Å². The fourth-order valence-corrected chi connectivity index (χ4v) is 7.12. The highest BCUT2D eigenvalue weighted by atomic mass is 16.2. The first kappa shape index (κ1) is 33.4. The summed E-state index contributed by atoms with van der Waals surface area (Å²) < 4.78 is 0. The van der Waals surface area contributed by atoms with E-state index < -0.39 is 35.6 Å². The molecule has 2 aromatic carbocycles. The number of urea groups is 1. The van der Waals surface area contributed by atoms with Gasteiger partial charge in [-0.3, -0.25) is 34.2 Å². The van der Waals surface area contributed by atoms with Crippen LogP contribution in [0, 0.1) is 0 Å². The third-order valence-electron chi connectivity index (χ3n) is 9.82. The summed E-state index contributed by atoms with van der Waals surface area (Å²) in [6.07, 6.45) is 4.05. The van der Waals surface area contributed by atoms with Gasteiger partial charge in [0.15, 0.2) is 11.5 Å². The maximum atomic E-state index is 13.4. The fraction of sp³-hybridized carbons (Fsp3) is 0.371. The Hall–Kier alpha value is -6.06. The van der Waals surface area contributed by atoms with Crippen molar-refractivity contribution in [3.8, 4) is 0 Å². The second-order valence-electron chi connectivity index (χ2n) is 13.1. The predicted molar refractivity (Wildman–Crippen MR) is 190 cm³/mol. The number of likely N-dealkylation sites (N-methyl/N-ethyl adjacent to an activating group) is 1. The molecule has 51 heavy (non-hydrogen) atoms. The van der Waals surface area contributed by atoms with Gasteiger partial charge in [0.25, 0.3) is 17.7 Å². The second-order valence-corrected chi connectivity index (χ2v) is 13.1. The predicted octanol–water partition coefficient (Wildman–Crippen LogP) is 2.20. The van der Waals surface area contributed by atoms with Crippen molar-refractivity contribution < 1.29 is 31.6 Å². The molecule has 4 aliphatic rings. The highest BCUT2D eigenvalue weighted by Crippen LogP contribution is 2.33. The van der Waals surface area contributed by atoms with Gasteiger partial charge in [0.2, 0.25) is 11.8 Å². The van der Waals surface area contributed by atoms with Gasteiger partial charge in [-0.05, 0) is 55.5 Å². The number of carbonyl (C=O) groups excluding carboxylic acids is 6. The first-order valence-corrected chi connectivity index (χ1v) is 17.0. The molecule has 5 N–H and O–H groups in total. The number of fused-ring (bicyclic) bond motifs is 1. The number of amides is 7. The number of hydrogen-bond donors (Lipinski definition) is 4. The van der Waals surface area contributed by atoms with Crippen LogP contribution >= 0.6 is 0 Å². The fourth-order valence-electron chi connectivity index (χ4n) is 7.12. The maximum Gasteiger partial charge on any atom is 0.320 e. The van der Waals surface area contributed by atoms with Crippen LogP contribution in [0.1, 0.15) is 65.3 Å². The van der Waals surface area contributed by atoms with Crippen LogP contribution in [0.25, 0.3) is 0 Å². The van der Waals surface area contributed by atoms with Crippen molar-refractivity contribution in [2.45, 2.75) is 44.2 Å². The molecule has 4 aliphatic heterocycles. The SMILES string of the molecule is CN1CCN([C@@H]2CCCN(c3cnc(C(N)=O)c(Nc4ccc(CCNc5cccc6c5C(=O)N(C5CCC(=O)NC5=O)C6=O)cc4)n3)C2)C1=O.[HH].[HH]. The Morgan fingerprint density at radius 2 is 1.82 bits per heavy atom. The molecule has 16 nitrogen and oxygen atoms in total. The zero-order chi connectivity index (χ0) is 35.8. The summed E-state index contributed by atoms with van der Waals surface area (Å²) in [6, 6.07) is 11.5. The molecular formula is C35H42N10O6. The number of rotatable bonds is 10. The van der Waals surface area contributed by atoms with Gasteiger partial charge >= 0.3 is 6.03 Å². The van der Waals surface area contributed by atoms with E-state index in [1.807, 2.05) is 36.2 Å². The molecule has 3 aromatic rings. The summed E-state index contributed by atoms with van der Waals surface area (Å²) in [5.41, 5.74) is 8.19. The minimum atomic E-state index is -1.03. The van der Waals surface area contributed by atoms with Gasteiger partial charge in [0.1, 0.15) is 11.9 Å². The molecule has 1 aromatic heterocycles. The smallest absolute Gasteiger partial charge is 0.320 e. The lowest BCUT2D eigenvalue weighted by molar-refractivity contribution is -0.136. The number of nitrogens with one attached hydrogen (secondary N) is 3. The summed E-state index contributed by atoms with van der Waals surface area (Å²) >= 11 is 0. The van der Waals surface area contributed by atoms with E-state index in [4.69, 9.17) is 10.7 Å². The van der Waals surface area contributed by atoms with Crippen LogP contribution in [-0.2, 0) is 16.0 Å². The zero-order valence-electron chi connectivity index (χ0n) is 28.1. The van der Waals surface area contributed by atoms with Crippen LogP contribution in [0.5, 0.6) is 0 Å². The minimum absolute atomic E-state index is 0. The molecule has 3 saturated heterocycles. The molecule has 1 unspecified atom stereocenters. The van der Waals surface area contributed by atoms with Gasteiger partial charge in [-0.25, -0.2) is 14.8 Å². The first-order chi connectivity index (χ1) is 24.6. The van der Waals surface area contributed by atoms with Crippen molar-refractivity contribution in [2.24, 2.45) is 5.73 Å².